The topological polar surface area (TPSA) is 49.6 Å². The zero-order chi connectivity index (χ0) is 17.3. The Balaban J connectivity index is 1.69. The lowest BCUT2D eigenvalue weighted by molar-refractivity contribution is 0.0746. The molecule has 2 aromatic carbocycles. The van der Waals surface area contributed by atoms with E-state index in [1.54, 1.807) is 12.1 Å². The van der Waals surface area contributed by atoms with Gasteiger partial charge >= 0.3 is 0 Å². The van der Waals surface area contributed by atoms with Crippen molar-refractivity contribution in [3.8, 4) is 0 Å². The van der Waals surface area contributed by atoms with Crippen molar-refractivity contribution in [3.63, 3.8) is 0 Å². The Kier molecular flexibility index (Phi) is 5.37. The van der Waals surface area contributed by atoms with Gasteiger partial charge in [-0.2, -0.15) is 0 Å². The minimum atomic E-state index is 0.0159. The van der Waals surface area contributed by atoms with Crippen LogP contribution in [0.1, 0.15) is 10.4 Å². The van der Waals surface area contributed by atoms with E-state index in [9.17, 15) is 4.79 Å². The van der Waals surface area contributed by atoms with Crippen molar-refractivity contribution in [1.29, 1.82) is 0 Å². The Labute approximate surface area is 162 Å². The average molecular weight is 474 g/mol. The zero-order valence-electron chi connectivity index (χ0n) is 12.8. The molecular formula is C17H16Br2ClN3O. The Hall–Kier alpha value is -1.24. The molecule has 0 aromatic heterocycles. The predicted molar refractivity (Wildman–Crippen MR) is 106 cm³/mol. The molecule has 0 aliphatic carbocycles. The van der Waals surface area contributed by atoms with Crippen molar-refractivity contribution in [2.45, 2.75) is 0 Å². The first-order chi connectivity index (χ1) is 11.5. The molecule has 1 aliphatic rings. The number of carbonyl (C=O) groups excluding carboxylic acids is 1. The standard InChI is InChI=1S/C17H16Br2ClN3O/c18-14-8-11(9-15(19)16(14)21)17(24)23-6-4-22(5-7-23)13-3-1-2-12(20)10-13/h1-3,8-10H,4-7,21H2. The lowest BCUT2D eigenvalue weighted by atomic mass is 10.1. The first kappa shape index (κ1) is 17.6. The zero-order valence-corrected chi connectivity index (χ0v) is 16.7. The van der Waals surface area contributed by atoms with Crippen molar-refractivity contribution in [3.05, 3.63) is 55.9 Å². The van der Waals surface area contributed by atoms with Crippen molar-refractivity contribution in [1.82, 2.24) is 4.90 Å². The largest absolute Gasteiger partial charge is 0.397 e. The molecule has 1 saturated heterocycles. The van der Waals surface area contributed by atoms with Gasteiger partial charge in [-0.05, 0) is 62.2 Å². The summed E-state index contributed by atoms with van der Waals surface area (Å²) in [5, 5.41) is 0.725. The molecule has 24 heavy (non-hydrogen) atoms. The Morgan fingerprint density at radius 3 is 2.25 bits per heavy atom. The van der Waals surface area contributed by atoms with Crippen LogP contribution in [0.25, 0.3) is 0 Å². The van der Waals surface area contributed by atoms with Gasteiger partial charge in [0.05, 0.1) is 5.69 Å². The summed E-state index contributed by atoms with van der Waals surface area (Å²) >= 11 is 12.8. The number of rotatable bonds is 2. The molecule has 0 radical (unpaired) electrons. The number of amides is 1. The van der Waals surface area contributed by atoms with Crippen LogP contribution in [0, 0.1) is 0 Å². The first-order valence-electron chi connectivity index (χ1n) is 7.50. The van der Waals surface area contributed by atoms with Gasteiger partial charge in [0.2, 0.25) is 0 Å². The molecule has 0 unspecified atom stereocenters. The van der Waals surface area contributed by atoms with E-state index in [4.69, 9.17) is 17.3 Å². The number of halogens is 3. The molecule has 2 N–H and O–H groups in total. The fraction of sp³-hybridized carbons (Fsp3) is 0.235. The van der Waals surface area contributed by atoms with E-state index in [0.717, 1.165) is 32.7 Å². The Morgan fingerprint density at radius 2 is 1.67 bits per heavy atom. The van der Waals surface area contributed by atoms with E-state index in [2.05, 4.69) is 36.8 Å². The van der Waals surface area contributed by atoms with E-state index in [-0.39, 0.29) is 5.91 Å². The SMILES string of the molecule is Nc1c(Br)cc(C(=O)N2CCN(c3cccc(Cl)c3)CC2)cc1Br. The molecule has 2 aromatic rings. The molecule has 0 saturated carbocycles. The van der Waals surface area contributed by atoms with Gasteiger partial charge in [-0.25, -0.2) is 0 Å². The summed E-state index contributed by atoms with van der Waals surface area (Å²) in [5.74, 6) is 0.0159. The Bertz CT molecular complexity index is 753. The number of anilines is 2. The summed E-state index contributed by atoms with van der Waals surface area (Å²) < 4.78 is 1.44. The molecule has 4 nitrogen and oxygen atoms in total. The smallest absolute Gasteiger partial charge is 0.254 e. The van der Waals surface area contributed by atoms with Gasteiger partial charge in [0, 0.05) is 51.4 Å². The third kappa shape index (κ3) is 3.71. The minimum absolute atomic E-state index is 0.0159. The van der Waals surface area contributed by atoms with Gasteiger partial charge in [-0.1, -0.05) is 17.7 Å². The van der Waals surface area contributed by atoms with Gasteiger partial charge in [0.1, 0.15) is 0 Å². The monoisotopic (exact) mass is 471 g/mol. The highest BCUT2D eigenvalue weighted by atomic mass is 79.9. The van der Waals surface area contributed by atoms with Crippen LogP contribution >= 0.6 is 43.5 Å². The van der Waals surface area contributed by atoms with Crippen molar-refractivity contribution in [2.75, 3.05) is 36.8 Å². The van der Waals surface area contributed by atoms with Crippen LogP contribution in [0.3, 0.4) is 0 Å². The number of nitrogens with two attached hydrogens (primary N) is 1. The van der Waals surface area contributed by atoms with Gasteiger partial charge in [-0.3, -0.25) is 4.79 Å². The van der Waals surface area contributed by atoms with Gasteiger partial charge < -0.3 is 15.5 Å². The highest BCUT2D eigenvalue weighted by Gasteiger charge is 2.23. The lowest BCUT2D eigenvalue weighted by Gasteiger charge is -2.36. The van der Waals surface area contributed by atoms with E-state index in [1.165, 1.54) is 0 Å². The second kappa shape index (κ2) is 7.33. The van der Waals surface area contributed by atoms with Crippen LogP contribution < -0.4 is 10.6 Å². The molecule has 1 aliphatic heterocycles. The predicted octanol–water partition coefficient (Wildman–Crippen LogP) is 4.41. The number of benzene rings is 2. The lowest BCUT2D eigenvalue weighted by Crippen LogP contribution is -2.48. The van der Waals surface area contributed by atoms with Crippen molar-refractivity contribution >= 4 is 60.7 Å². The summed E-state index contributed by atoms with van der Waals surface area (Å²) in [7, 11) is 0. The number of nitrogens with zero attached hydrogens (tertiary/aromatic N) is 2. The second-order valence-corrected chi connectivity index (χ2v) is 7.76. The molecule has 1 amide bonds. The number of hydrogen-bond donors (Lipinski definition) is 1. The van der Waals surface area contributed by atoms with E-state index in [0.29, 0.717) is 24.3 Å². The average Bonchev–Trinajstić information content (AvgIpc) is 2.59. The Morgan fingerprint density at radius 1 is 1.04 bits per heavy atom. The van der Waals surface area contributed by atoms with E-state index >= 15 is 0 Å². The molecular weight excluding hydrogens is 457 g/mol. The van der Waals surface area contributed by atoms with Crippen LogP contribution in [0.5, 0.6) is 0 Å². The van der Waals surface area contributed by atoms with Gasteiger partial charge in [0.15, 0.2) is 0 Å². The van der Waals surface area contributed by atoms with Crippen LogP contribution in [0.4, 0.5) is 11.4 Å². The second-order valence-electron chi connectivity index (χ2n) is 5.61. The van der Waals surface area contributed by atoms with Crippen LogP contribution in [-0.2, 0) is 0 Å². The van der Waals surface area contributed by atoms with Crippen LogP contribution in [-0.4, -0.2) is 37.0 Å². The molecule has 3 rings (SSSR count). The minimum Gasteiger partial charge on any atom is -0.397 e. The quantitative estimate of drug-likeness (QED) is 0.658. The van der Waals surface area contributed by atoms with Crippen molar-refractivity contribution < 1.29 is 4.79 Å². The molecule has 7 heteroatoms. The fourth-order valence-electron chi connectivity index (χ4n) is 2.73. The van der Waals surface area contributed by atoms with E-state index < -0.39 is 0 Å². The molecule has 1 heterocycles. The fourth-order valence-corrected chi connectivity index (χ4v) is 4.10. The number of piperazine rings is 1. The normalized spacial score (nSPS) is 14.8. The van der Waals surface area contributed by atoms with Gasteiger partial charge in [0.25, 0.3) is 5.91 Å². The first-order valence-corrected chi connectivity index (χ1v) is 9.46. The molecule has 126 valence electrons. The molecule has 0 atom stereocenters. The summed E-state index contributed by atoms with van der Waals surface area (Å²) in [5.41, 5.74) is 8.20. The van der Waals surface area contributed by atoms with Gasteiger partial charge in [-0.15, -0.1) is 0 Å². The van der Waals surface area contributed by atoms with Crippen LogP contribution in [0.15, 0.2) is 45.3 Å². The highest BCUT2D eigenvalue weighted by Crippen LogP contribution is 2.30. The number of nitrogen functional groups attached to an aromatic ring is 1. The van der Waals surface area contributed by atoms with E-state index in [1.807, 2.05) is 29.2 Å². The highest BCUT2D eigenvalue weighted by molar-refractivity contribution is 9.11. The third-order valence-electron chi connectivity index (χ3n) is 4.07. The molecule has 0 bridgehead atoms. The molecule has 1 fully saturated rings. The van der Waals surface area contributed by atoms with Crippen molar-refractivity contribution in [2.24, 2.45) is 0 Å². The number of hydrogen-bond acceptors (Lipinski definition) is 3. The third-order valence-corrected chi connectivity index (χ3v) is 5.61. The maximum atomic E-state index is 12.7. The maximum absolute atomic E-state index is 12.7. The summed E-state index contributed by atoms with van der Waals surface area (Å²) in [4.78, 5) is 16.8. The summed E-state index contributed by atoms with van der Waals surface area (Å²) in [6.45, 7) is 2.91. The summed E-state index contributed by atoms with van der Waals surface area (Å²) in [6.07, 6.45) is 0. The summed E-state index contributed by atoms with van der Waals surface area (Å²) in [6, 6.07) is 11.3. The van der Waals surface area contributed by atoms with Crippen LogP contribution in [0.2, 0.25) is 5.02 Å². The number of carbonyl (C=O) groups is 1. The molecule has 0 spiro atoms. The maximum Gasteiger partial charge on any atom is 0.254 e.